The molecule has 9 nitrogen and oxygen atoms in total. The zero-order valence-electron chi connectivity index (χ0n) is 16.2. The van der Waals surface area contributed by atoms with Crippen molar-refractivity contribution in [3.8, 4) is 11.8 Å². The molecule has 2 heterocycles. The highest BCUT2D eigenvalue weighted by molar-refractivity contribution is 5.85. The van der Waals surface area contributed by atoms with E-state index in [1.807, 2.05) is 36.4 Å². The summed E-state index contributed by atoms with van der Waals surface area (Å²) in [6.07, 6.45) is 1.49. The Kier molecular flexibility index (Phi) is 7.10. The molecule has 158 valence electrons. The van der Waals surface area contributed by atoms with Gasteiger partial charge in [0, 0.05) is 12.3 Å². The molecule has 0 aliphatic heterocycles. The van der Waals surface area contributed by atoms with E-state index >= 15 is 0 Å². The zero-order valence-corrected chi connectivity index (χ0v) is 16.2. The van der Waals surface area contributed by atoms with Gasteiger partial charge < -0.3 is 20.9 Å². The lowest BCUT2D eigenvalue weighted by atomic mass is 10.1. The summed E-state index contributed by atoms with van der Waals surface area (Å²) >= 11 is 0. The Balaban J connectivity index is 0.00000320. The first-order chi connectivity index (χ1) is 13.8. The summed E-state index contributed by atoms with van der Waals surface area (Å²) in [6, 6.07) is 12.2. The number of amides is 1. The number of carbonyl (C=O) groups is 1. The Morgan fingerprint density at radius 1 is 1.37 bits per heavy atom. The van der Waals surface area contributed by atoms with E-state index in [1.54, 1.807) is 13.8 Å². The number of rotatable bonds is 7. The number of carbonyl (C=O) groups excluding carboxylic acids is 1. The number of nitrogens with zero attached hydrogens (tertiary/aromatic N) is 4. The number of nitrogens with two attached hydrogens (primary N) is 1. The van der Waals surface area contributed by atoms with Gasteiger partial charge in [0.25, 0.3) is 0 Å². The number of pyridine rings is 1. The van der Waals surface area contributed by atoms with Crippen LogP contribution in [0.1, 0.15) is 44.3 Å². The Hall–Kier alpha value is -3.48. The van der Waals surface area contributed by atoms with Crippen LogP contribution in [0.15, 0.2) is 42.6 Å². The summed E-state index contributed by atoms with van der Waals surface area (Å²) in [4.78, 5) is 12.5. The maximum Gasteiger partial charge on any atom is 0.240 e. The average molecular weight is 410 g/mol. The van der Waals surface area contributed by atoms with E-state index < -0.39 is 17.5 Å². The molecular weight excluding hydrogens is 384 g/mol. The number of hydrogen-bond donors (Lipinski definition) is 3. The number of nitriles is 1. The molecule has 1 atom stereocenters. The van der Waals surface area contributed by atoms with Crippen molar-refractivity contribution in [1.82, 2.24) is 19.9 Å². The van der Waals surface area contributed by atoms with Crippen molar-refractivity contribution in [3.05, 3.63) is 59.5 Å². The van der Waals surface area contributed by atoms with E-state index in [-0.39, 0.29) is 31.0 Å². The topological polar surface area (TPSA) is 139 Å². The Morgan fingerprint density at radius 2 is 2.07 bits per heavy atom. The molecule has 3 aromatic rings. The van der Waals surface area contributed by atoms with E-state index in [0.717, 1.165) is 5.56 Å². The highest BCUT2D eigenvalue weighted by atomic mass is 16.5. The minimum atomic E-state index is -1.11. The Labute approximate surface area is 175 Å². The molecular formula is C21H26N6O3. The number of aromatic nitrogens is 3. The van der Waals surface area contributed by atoms with E-state index in [2.05, 4.69) is 15.5 Å². The molecule has 0 bridgehead atoms. The molecule has 0 saturated heterocycles. The smallest absolute Gasteiger partial charge is 0.240 e. The van der Waals surface area contributed by atoms with Crippen LogP contribution in [-0.4, -0.2) is 37.8 Å². The average Bonchev–Trinajstić information content (AvgIpc) is 3.11. The molecule has 1 amide bonds. The minimum absolute atomic E-state index is 0. The summed E-state index contributed by atoms with van der Waals surface area (Å²) < 4.78 is 7.26. The second-order valence-corrected chi connectivity index (χ2v) is 7.23. The van der Waals surface area contributed by atoms with Gasteiger partial charge in [0.2, 0.25) is 11.6 Å². The minimum Gasteiger partial charge on any atom is -0.504 e. The lowest BCUT2D eigenvalue weighted by Gasteiger charge is -2.23. The van der Waals surface area contributed by atoms with Gasteiger partial charge in [-0.3, -0.25) is 9.20 Å². The van der Waals surface area contributed by atoms with Gasteiger partial charge in [-0.1, -0.05) is 37.8 Å². The molecule has 4 N–H and O–H groups in total. The third-order valence-corrected chi connectivity index (χ3v) is 4.24. The van der Waals surface area contributed by atoms with Crippen LogP contribution in [0.5, 0.6) is 5.75 Å². The van der Waals surface area contributed by atoms with E-state index in [9.17, 15) is 15.2 Å². The summed E-state index contributed by atoms with van der Waals surface area (Å²) in [6.45, 7) is 3.61. The summed E-state index contributed by atoms with van der Waals surface area (Å²) in [5.74, 6) is -0.265. The molecule has 30 heavy (non-hydrogen) atoms. The summed E-state index contributed by atoms with van der Waals surface area (Å²) in [7, 11) is 0. The molecule has 0 fully saturated rings. The van der Waals surface area contributed by atoms with Gasteiger partial charge in [0.15, 0.2) is 11.6 Å². The third-order valence-electron chi connectivity index (χ3n) is 4.24. The number of ether oxygens (including phenoxy) is 1. The lowest BCUT2D eigenvalue weighted by Crippen LogP contribution is -2.50. The number of hydrogen-bond acceptors (Lipinski definition) is 7. The fourth-order valence-electron chi connectivity index (χ4n) is 2.69. The Morgan fingerprint density at radius 3 is 2.70 bits per heavy atom. The lowest BCUT2D eigenvalue weighted by molar-refractivity contribution is -0.126. The fraction of sp³-hybridized carbons (Fsp3) is 0.333. The van der Waals surface area contributed by atoms with E-state index in [0.29, 0.717) is 12.4 Å². The standard InChI is InChI=1S/C20H22N6O3.CH4/c1-20(2,22)19(28)23-15(12-29-11-13-6-4-3-5-7-13)17-24-25-18-16(27)8-14(9-21)10-26(17)18;/h3-8,10,15,27H,11-12,22H2,1-2H3,(H,23,28);1H4/t15-;/m1./s1. The second kappa shape index (κ2) is 9.35. The second-order valence-electron chi connectivity index (χ2n) is 7.23. The molecule has 0 unspecified atom stereocenters. The largest absolute Gasteiger partial charge is 0.504 e. The number of benzene rings is 1. The molecule has 1 aromatic carbocycles. The number of fused-ring (bicyclic) bond motifs is 1. The molecule has 2 aromatic heterocycles. The van der Waals surface area contributed by atoms with Gasteiger partial charge in [-0.05, 0) is 19.4 Å². The van der Waals surface area contributed by atoms with Crippen molar-refractivity contribution in [1.29, 1.82) is 5.26 Å². The van der Waals surface area contributed by atoms with E-state index in [4.69, 9.17) is 10.5 Å². The van der Waals surface area contributed by atoms with Crippen LogP contribution in [0.4, 0.5) is 0 Å². The predicted octanol–water partition coefficient (Wildman–Crippen LogP) is 2.05. The maximum atomic E-state index is 12.5. The predicted molar refractivity (Wildman–Crippen MR) is 111 cm³/mol. The normalized spacial score (nSPS) is 12.1. The monoisotopic (exact) mass is 410 g/mol. The summed E-state index contributed by atoms with van der Waals surface area (Å²) in [5, 5.41) is 30.2. The third kappa shape index (κ3) is 5.11. The van der Waals surface area contributed by atoms with Crippen LogP contribution >= 0.6 is 0 Å². The highest BCUT2D eigenvalue weighted by Crippen LogP contribution is 2.22. The molecule has 0 saturated carbocycles. The molecule has 0 aliphatic rings. The first-order valence-corrected chi connectivity index (χ1v) is 8.99. The number of nitrogens with one attached hydrogen (secondary N) is 1. The van der Waals surface area contributed by atoms with Gasteiger partial charge in [-0.25, -0.2) is 0 Å². The first kappa shape index (κ1) is 22.8. The van der Waals surface area contributed by atoms with Crippen molar-refractivity contribution < 1.29 is 14.6 Å². The molecule has 3 rings (SSSR count). The summed E-state index contributed by atoms with van der Waals surface area (Å²) in [5.41, 5.74) is 6.17. The first-order valence-electron chi connectivity index (χ1n) is 8.99. The van der Waals surface area contributed by atoms with Crippen molar-refractivity contribution in [2.24, 2.45) is 5.73 Å². The fourth-order valence-corrected chi connectivity index (χ4v) is 2.69. The van der Waals surface area contributed by atoms with Gasteiger partial charge in [0.1, 0.15) is 12.1 Å². The molecule has 0 spiro atoms. The van der Waals surface area contributed by atoms with Crippen LogP contribution in [0.2, 0.25) is 0 Å². The molecule has 0 radical (unpaired) electrons. The SMILES string of the molecule is C.CC(C)(N)C(=O)N[C@H](COCc1ccccc1)c1nnc2c(O)cc(C#N)cn12. The van der Waals surface area contributed by atoms with Crippen molar-refractivity contribution >= 4 is 11.6 Å². The van der Waals surface area contributed by atoms with E-state index in [1.165, 1.54) is 16.7 Å². The molecule has 9 heteroatoms. The van der Waals surface area contributed by atoms with Gasteiger partial charge in [0.05, 0.1) is 24.3 Å². The van der Waals surface area contributed by atoms with Crippen LogP contribution in [0.3, 0.4) is 0 Å². The highest BCUT2D eigenvalue weighted by Gasteiger charge is 2.28. The van der Waals surface area contributed by atoms with Crippen LogP contribution < -0.4 is 11.1 Å². The van der Waals surface area contributed by atoms with Crippen LogP contribution in [-0.2, 0) is 16.1 Å². The van der Waals surface area contributed by atoms with Crippen LogP contribution in [0.25, 0.3) is 5.65 Å². The van der Waals surface area contributed by atoms with Crippen molar-refractivity contribution in [3.63, 3.8) is 0 Å². The number of aromatic hydroxyl groups is 1. The maximum absolute atomic E-state index is 12.5. The van der Waals surface area contributed by atoms with Crippen molar-refractivity contribution in [2.45, 2.75) is 39.5 Å². The van der Waals surface area contributed by atoms with Crippen LogP contribution in [0, 0.1) is 11.3 Å². The van der Waals surface area contributed by atoms with Gasteiger partial charge in [-0.2, -0.15) is 5.26 Å². The Bertz CT molecular complexity index is 1050. The van der Waals surface area contributed by atoms with Gasteiger partial charge in [-0.15, -0.1) is 10.2 Å². The zero-order chi connectivity index (χ0) is 21.0. The van der Waals surface area contributed by atoms with Gasteiger partial charge >= 0.3 is 0 Å². The van der Waals surface area contributed by atoms with Crippen molar-refractivity contribution in [2.75, 3.05) is 6.61 Å². The quantitative estimate of drug-likeness (QED) is 0.542. The molecule has 0 aliphatic carbocycles.